The zero-order chi connectivity index (χ0) is 14.7. The van der Waals surface area contributed by atoms with E-state index in [1.54, 1.807) is 16.8 Å². The first-order valence-corrected chi connectivity index (χ1v) is 6.42. The summed E-state index contributed by atoms with van der Waals surface area (Å²) < 4.78 is 6.75. The third-order valence-electron chi connectivity index (χ3n) is 3.11. The molecule has 0 fully saturated rings. The molecule has 2 rings (SSSR count). The summed E-state index contributed by atoms with van der Waals surface area (Å²) in [6.07, 6.45) is 1.91. The first kappa shape index (κ1) is 14.0. The van der Waals surface area contributed by atoms with Crippen molar-refractivity contribution in [1.29, 1.82) is 0 Å². The third kappa shape index (κ3) is 2.64. The number of nitro benzene ring substituents is 1. The van der Waals surface area contributed by atoms with Crippen LogP contribution in [0.15, 0.2) is 24.3 Å². The van der Waals surface area contributed by atoms with Crippen molar-refractivity contribution in [1.82, 2.24) is 9.78 Å². The van der Waals surface area contributed by atoms with Crippen LogP contribution >= 0.6 is 0 Å². The molecule has 0 unspecified atom stereocenters. The molecule has 6 heteroatoms. The monoisotopic (exact) mass is 275 g/mol. The molecular weight excluding hydrogens is 258 g/mol. The second-order valence-electron chi connectivity index (χ2n) is 4.54. The highest BCUT2D eigenvalue weighted by Crippen LogP contribution is 2.32. The smallest absolute Gasteiger partial charge is 0.311 e. The van der Waals surface area contributed by atoms with E-state index in [0.29, 0.717) is 0 Å². The van der Waals surface area contributed by atoms with Gasteiger partial charge in [0.1, 0.15) is 0 Å². The number of benzene rings is 1. The number of aromatic nitrogens is 2. The molecule has 0 aliphatic heterocycles. The maximum atomic E-state index is 11.1. The van der Waals surface area contributed by atoms with Crippen molar-refractivity contribution in [2.75, 3.05) is 7.11 Å². The summed E-state index contributed by atoms with van der Waals surface area (Å²) in [5, 5.41) is 15.5. The van der Waals surface area contributed by atoms with Crippen LogP contribution in [0.2, 0.25) is 0 Å². The van der Waals surface area contributed by atoms with Crippen molar-refractivity contribution in [3.8, 4) is 17.0 Å². The summed E-state index contributed by atoms with van der Waals surface area (Å²) in [4.78, 5) is 10.6. The van der Waals surface area contributed by atoms with E-state index in [2.05, 4.69) is 12.0 Å². The van der Waals surface area contributed by atoms with Crippen molar-refractivity contribution in [3.05, 3.63) is 40.1 Å². The Balaban J connectivity index is 2.47. The van der Waals surface area contributed by atoms with Crippen molar-refractivity contribution < 1.29 is 9.66 Å². The van der Waals surface area contributed by atoms with Crippen molar-refractivity contribution in [3.63, 3.8) is 0 Å². The molecule has 0 aliphatic carbocycles. The Morgan fingerprint density at radius 1 is 1.40 bits per heavy atom. The number of aryl methyl sites for hydroxylation is 2. The van der Waals surface area contributed by atoms with Gasteiger partial charge in [-0.05, 0) is 24.6 Å². The maximum Gasteiger partial charge on any atom is 0.311 e. The van der Waals surface area contributed by atoms with Gasteiger partial charge in [-0.2, -0.15) is 5.10 Å². The molecule has 1 aromatic carbocycles. The lowest BCUT2D eigenvalue weighted by Gasteiger charge is -2.05. The van der Waals surface area contributed by atoms with E-state index in [-0.39, 0.29) is 11.4 Å². The summed E-state index contributed by atoms with van der Waals surface area (Å²) in [5.74, 6) is 0.259. The van der Waals surface area contributed by atoms with E-state index in [9.17, 15) is 10.1 Å². The average Bonchev–Trinajstić information content (AvgIpc) is 2.79. The number of nitrogens with zero attached hydrogens (tertiary/aromatic N) is 3. The largest absolute Gasteiger partial charge is 0.490 e. The van der Waals surface area contributed by atoms with Gasteiger partial charge >= 0.3 is 5.69 Å². The molecule has 0 spiro atoms. The van der Waals surface area contributed by atoms with Gasteiger partial charge in [0.25, 0.3) is 0 Å². The van der Waals surface area contributed by atoms with Gasteiger partial charge in [0.2, 0.25) is 0 Å². The van der Waals surface area contributed by atoms with Crippen LogP contribution in [0.1, 0.15) is 19.0 Å². The number of rotatable bonds is 5. The van der Waals surface area contributed by atoms with Crippen LogP contribution in [-0.2, 0) is 13.5 Å². The highest BCUT2D eigenvalue weighted by molar-refractivity contribution is 5.66. The number of methoxy groups -OCH3 is 1. The molecular formula is C14H17N3O3. The van der Waals surface area contributed by atoms with Gasteiger partial charge in [0, 0.05) is 18.7 Å². The second-order valence-corrected chi connectivity index (χ2v) is 4.54. The fourth-order valence-corrected chi connectivity index (χ4v) is 2.17. The summed E-state index contributed by atoms with van der Waals surface area (Å²) in [7, 11) is 3.26. The molecule has 6 nitrogen and oxygen atoms in total. The minimum Gasteiger partial charge on any atom is -0.490 e. The van der Waals surface area contributed by atoms with E-state index in [1.165, 1.54) is 13.2 Å². The van der Waals surface area contributed by atoms with Crippen LogP contribution in [0, 0.1) is 10.1 Å². The molecule has 0 aliphatic rings. The van der Waals surface area contributed by atoms with E-state index in [4.69, 9.17) is 4.74 Å². The first-order chi connectivity index (χ1) is 9.56. The third-order valence-corrected chi connectivity index (χ3v) is 3.11. The fourth-order valence-electron chi connectivity index (χ4n) is 2.17. The average molecular weight is 275 g/mol. The van der Waals surface area contributed by atoms with Gasteiger partial charge in [-0.15, -0.1) is 0 Å². The standard InChI is InChI=1S/C14H17N3O3/c1-4-5-11-9-12(16(2)15-11)10-6-7-14(20-3)13(8-10)17(18)19/h6-9H,4-5H2,1-3H3. The zero-order valence-corrected chi connectivity index (χ0v) is 11.8. The molecule has 1 heterocycles. The Hall–Kier alpha value is -2.37. The Morgan fingerprint density at radius 3 is 2.75 bits per heavy atom. The number of hydrogen-bond acceptors (Lipinski definition) is 4. The Kier molecular flexibility index (Phi) is 4.02. The predicted octanol–water partition coefficient (Wildman–Crippen LogP) is 2.96. The first-order valence-electron chi connectivity index (χ1n) is 6.42. The minimum absolute atomic E-state index is 0.0387. The van der Waals surface area contributed by atoms with Gasteiger partial charge in [-0.1, -0.05) is 13.3 Å². The predicted molar refractivity (Wildman–Crippen MR) is 75.8 cm³/mol. The maximum absolute atomic E-state index is 11.1. The SMILES string of the molecule is CCCc1cc(-c2ccc(OC)c([N+](=O)[O-])c2)n(C)n1. The molecule has 0 saturated heterocycles. The van der Waals surface area contributed by atoms with E-state index in [1.807, 2.05) is 13.1 Å². The van der Waals surface area contributed by atoms with E-state index < -0.39 is 4.92 Å². The highest BCUT2D eigenvalue weighted by Gasteiger charge is 2.17. The van der Waals surface area contributed by atoms with Crippen LogP contribution in [0.5, 0.6) is 5.75 Å². The Labute approximate surface area is 117 Å². The Morgan fingerprint density at radius 2 is 2.15 bits per heavy atom. The molecule has 0 atom stereocenters. The summed E-state index contributed by atoms with van der Waals surface area (Å²) in [6.45, 7) is 2.09. The molecule has 106 valence electrons. The van der Waals surface area contributed by atoms with Crippen molar-refractivity contribution in [2.24, 2.45) is 7.05 Å². The molecule has 0 saturated carbocycles. The van der Waals surface area contributed by atoms with Gasteiger partial charge < -0.3 is 4.74 Å². The van der Waals surface area contributed by atoms with Crippen LogP contribution in [0.25, 0.3) is 11.3 Å². The lowest BCUT2D eigenvalue weighted by Crippen LogP contribution is -1.97. The molecule has 0 radical (unpaired) electrons. The second kappa shape index (κ2) is 5.73. The quantitative estimate of drug-likeness (QED) is 0.621. The lowest BCUT2D eigenvalue weighted by atomic mass is 10.1. The molecule has 20 heavy (non-hydrogen) atoms. The van der Waals surface area contributed by atoms with Gasteiger partial charge in [-0.25, -0.2) is 0 Å². The Bertz CT molecular complexity index is 635. The number of ether oxygens (including phenoxy) is 1. The number of hydrogen-bond donors (Lipinski definition) is 0. The molecule has 2 aromatic rings. The van der Waals surface area contributed by atoms with E-state index in [0.717, 1.165) is 29.8 Å². The van der Waals surface area contributed by atoms with Crippen LogP contribution in [-0.4, -0.2) is 21.8 Å². The summed E-state index contributed by atoms with van der Waals surface area (Å²) >= 11 is 0. The fraction of sp³-hybridized carbons (Fsp3) is 0.357. The van der Waals surface area contributed by atoms with Crippen LogP contribution < -0.4 is 4.74 Å². The zero-order valence-electron chi connectivity index (χ0n) is 11.8. The van der Waals surface area contributed by atoms with Crippen LogP contribution in [0.3, 0.4) is 0 Å². The topological polar surface area (TPSA) is 70.2 Å². The summed E-state index contributed by atoms with van der Waals surface area (Å²) in [6, 6.07) is 6.90. The molecule has 1 aromatic heterocycles. The lowest BCUT2D eigenvalue weighted by molar-refractivity contribution is -0.385. The normalized spacial score (nSPS) is 10.6. The highest BCUT2D eigenvalue weighted by atomic mass is 16.6. The van der Waals surface area contributed by atoms with Crippen molar-refractivity contribution in [2.45, 2.75) is 19.8 Å². The van der Waals surface area contributed by atoms with E-state index >= 15 is 0 Å². The number of nitro groups is 1. The molecule has 0 bridgehead atoms. The minimum atomic E-state index is -0.439. The van der Waals surface area contributed by atoms with Gasteiger partial charge in [0.05, 0.1) is 23.4 Å². The van der Waals surface area contributed by atoms with Gasteiger partial charge in [-0.3, -0.25) is 14.8 Å². The van der Waals surface area contributed by atoms with Gasteiger partial charge in [0.15, 0.2) is 5.75 Å². The summed E-state index contributed by atoms with van der Waals surface area (Å²) in [5.41, 5.74) is 2.57. The molecule has 0 N–H and O–H groups in total. The molecule has 0 amide bonds. The van der Waals surface area contributed by atoms with Crippen LogP contribution in [0.4, 0.5) is 5.69 Å². The van der Waals surface area contributed by atoms with Crippen molar-refractivity contribution >= 4 is 5.69 Å².